The molecule has 0 amide bonds. The van der Waals surface area contributed by atoms with Crippen molar-refractivity contribution in [2.24, 2.45) is 0 Å². The van der Waals surface area contributed by atoms with Gasteiger partial charge in [0.2, 0.25) is 10.0 Å². The molecule has 7 heteroatoms. The summed E-state index contributed by atoms with van der Waals surface area (Å²) >= 11 is 5.20. The van der Waals surface area contributed by atoms with Gasteiger partial charge in [-0.15, -0.1) is 11.6 Å². The summed E-state index contributed by atoms with van der Waals surface area (Å²) in [5, 5.41) is 3.59. The molecule has 0 atom stereocenters. The summed E-state index contributed by atoms with van der Waals surface area (Å²) in [6.45, 7) is 1.08. The van der Waals surface area contributed by atoms with E-state index in [-0.39, 0.29) is 0 Å². The Labute approximate surface area is 88.1 Å². The quantitative estimate of drug-likeness (QED) is 0.575. The van der Waals surface area contributed by atoms with E-state index in [4.69, 9.17) is 11.6 Å². The largest absolute Gasteiger partial charge is 0.273 e. The van der Waals surface area contributed by atoms with Gasteiger partial charge in [-0.25, -0.2) is 13.1 Å². The van der Waals surface area contributed by atoms with E-state index >= 15 is 0 Å². The molecule has 0 bridgehead atoms. The monoisotopic (exact) mass is 237 g/mol. The van der Waals surface area contributed by atoms with Crippen LogP contribution in [0.3, 0.4) is 0 Å². The van der Waals surface area contributed by atoms with Gasteiger partial charge in [-0.1, -0.05) is 0 Å². The lowest BCUT2D eigenvalue weighted by atomic mass is 10.4. The summed E-state index contributed by atoms with van der Waals surface area (Å²) in [4.78, 5) is 0. The highest BCUT2D eigenvalue weighted by molar-refractivity contribution is 7.90. The number of alkyl halides is 1. The van der Waals surface area contributed by atoms with Gasteiger partial charge < -0.3 is 0 Å². The molecule has 0 aliphatic carbocycles. The van der Waals surface area contributed by atoms with Crippen molar-refractivity contribution in [3.63, 3.8) is 0 Å². The topological polar surface area (TPSA) is 64.0 Å². The molecular weight excluding hydrogens is 226 g/mol. The van der Waals surface area contributed by atoms with Crippen LogP contribution < -0.4 is 4.72 Å². The zero-order valence-electron chi connectivity index (χ0n) is 7.56. The fraction of sp³-hybridized carbons (Fsp3) is 0.571. The molecule has 0 spiro atoms. The number of nitrogens with one attached hydrogen (secondary N) is 1. The van der Waals surface area contributed by atoms with Crippen molar-refractivity contribution >= 4 is 21.6 Å². The molecule has 0 saturated heterocycles. The highest BCUT2D eigenvalue weighted by atomic mass is 35.5. The van der Waals surface area contributed by atoms with Gasteiger partial charge in [-0.2, -0.15) is 5.10 Å². The maximum Gasteiger partial charge on any atom is 0.225 e. The second-order valence-corrected chi connectivity index (χ2v) is 5.13. The predicted octanol–water partition coefficient (Wildman–Crippen LogP) is 0.389. The molecule has 0 aliphatic heterocycles. The number of halogens is 1. The van der Waals surface area contributed by atoms with E-state index in [1.165, 1.54) is 0 Å². The number of hydrogen-bond donors (Lipinski definition) is 1. The Kier molecular flexibility index (Phi) is 4.37. The van der Waals surface area contributed by atoms with Crippen molar-refractivity contribution in [2.75, 3.05) is 11.8 Å². The second kappa shape index (κ2) is 5.33. The van der Waals surface area contributed by atoms with E-state index in [9.17, 15) is 8.42 Å². The van der Waals surface area contributed by atoms with Crippen LogP contribution >= 0.6 is 11.6 Å². The van der Waals surface area contributed by atoms with Crippen LogP contribution in [0, 0.1) is 0 Å². The van der Waals surface area contributed by atoms with Gasteiger partial charge in [0.05, 0.1) is 0 Å². The smallest absolute Gasteiger partial charge is 0.225 e. The Bertz CT molecular complexity index is 349. The number of nitrogens with zero attached hydrogens (tertiary/aromatic N) is 2. The summed E-state index contributed by atoms with van der Waals surface area (Å²) < 4.78 is 25.9. The molecule has 0 aliphatic rings. The summed E-state index contributed by atoms with van der Waals surface area (Å²) in [5.41, 5.74) is 0. The fourth-order valence-corrected chi connectivity index (χ4v) is 1.70. The molecule has 1 heterocycles. The molecule has 0 radical (unpaired) electrons. The minimum absolute atomic E-state index is 0.384. The van der Waals surface area contributed by atoms with Gasteiger partial charge >= 0.3 is 0 Å². The van der Waals surface area contributed by atoms with Gasteiger partial charge in [0.1, 0.15) is 5.21 Å². The Hall–Kier alpha value is -0.590. The van der Waals surface area contributed by atoms with Crippen LogP contribution in [-0.4, -0.2) is 30.0 Å². The molecule has 1 N–H and O–H groups in total. The maximum atomic E-state index is 10.9. The van der Waals surface area contributed by atoms with E-state index in [1.54, 1.807) is 10.9 Å². The zero-order chi connectivity index (χ0) is 10.4. The maximum absolute atomic E-state index is 10.9. The second-order valence-electron chi connectivity index (χ2n) is 2.74. The van der Waals surface area contributed by atoms with Crippen LogP contribution in [0.4, 0.5) is 0 Å². The minimum atomic E-state index is -3.27. The number of hydrogen-bond acceptors (Lipinski definition) is 3. The van der Waals surface area contributed by atoms with Crippen molar-refractivity contribution in [1.29, 1.82) is 0 Å². The Morgan fingerprint density at radius 1 is 1.50 bits per heavy atom. The lowest BCUT2D eigenvalue weighted by molar-refractivity contribution is 0.555. The van der Waals surface area contributed by atoms with Crippen LogP contribution in [0.15, 0.2) is 18.5 Å². The van der Waals surface area contributed by atoms with Gasteiger partial charge in [0, 0.05) is 25.5 Å². The van der Waals surface area contributed by atoms with Gasteiger partial charge in [0.15, 0.2) is 0 Å². The molecule has 1 rings (SSSR count). The third-order valence-electron chi connectivity index (χ3n) is 1.59. The summed E-state index contributed by atoms with van der Waals surface area (Å²) in [6, 6.07) is 1.82. The third-order valence-corrected chi connectivity index (χ3v) is 3.38. The highest BCUT2D eigenvalue weighted by Gasteiger charge is 2.05. The minimum Gasteiger partial charge on any atom is -0.273 e. The summed E-state index contributed by atoms with van der Waals surface area (Å²) in [7, 11) is -3.27. The van der Waals surface area contributed by atoms with Crippen molar-refractivity contribution in [2.45, 2.75) is 13.0 Å². The average molecular weight is 238 g/mol. The van der Waals surface area contributed by atoms with E-state index < -0.39 is 15.2 Å². The molecule has 0 unspecified atom stereocenters. The van der Waals surface area contributed by atoms with Gasteiger partial charge in [0.25, 0.3) is 0 Å². The van der Waals surface area contributed by atoms with Crippen molar-refractivity contribution in [3.05, 3.63) is 18.5 Å². The van der Waals surface area contributed by atoms with Crippen LogP contribution in [0.25, 0.3) is 0 Å². The first-order chi connectivity index (χ1) is 6.64. The van der Waals surface area contributed by atoms with Gasteiger partial charge in [-0.3, -0.25) is 4.68 Å². The molecule has 0 aromatic carbocycles. The number of aromatic nitrogens is 2. The normalized spacial score (nSPS) is 11.8. The van der Waals surface area contributed by atoms with Crippen molar-refractivity contribution in [3.8, 4) is 0 Å². The van der Waals surface area contributed by atoms with Crippen LogP contribution in [0.2, 0.25) is 0 Å². The fourth-order valence-electron chi connectivity index (χ4n) is 0.940. The first-order valence-electron chi connectivity index (χ1n) is 4.15. The van der Waals surface area contributed by atoms with E-state index in [1.807, 2.05) is 12.3 Å². The molecule has 0 fully saturated rings. The van der Waals surface area contributed by atoms with Crippen molar-refractivity contribution in [1.82, 2.24) is 14.5 Å². The Morgan fingerprint density at radius 2 is 2.29 bits per heavy atom. The number of aryl methyl sites for hydroxylation is 1. The Balaban J connectivity index is 2.17. The SMILES string of the molecule is O=S(=O)(CCl)NCCCn1cccn1. The molecule has 14 heavy (non-hydrogen) atoms. The summed E-state index contributed by atoms with van der Waals surface area (Å²) in [6.07, 6.45) is 4.21. The number of rotatable bonds is 6. The van der Waals surface area contributed by atoms with Crippen LogP contribution in [0.1, 0.15) is 6.42 Å². The molecule has 1 aromatic rings. The molecule has 80 valence electrons. The first kappa shape index (κ1) is 11.5. The first-order valence-corrected chi connectivity index (χ1v) is 6.33. The van der Waals surface area contributed by atoms with Crippen LogP contribution in [0.5, 0.6) is 0 Å². The summed E-state index contributed by atoms with van der Waals surface area (Å²) in [5.74, 6) is 0. The van der Waals surface area contributed by atoms with E-state index in [0.29, 0.717) is 19.5 Å². The average Bonchev–Trinajstić information content (AvgIpc) is 2.65. The van der Waals surface area contributed by atoms with Crippen LogP contribution in [-0.2, 0) is 16.6 Å². The number of sulfonamides is 1. The lowest BCUT2D eigenvalue weighted by Gasteiger charge is -2.03. The molecule has 1 aromatic heterocycles. The van der Waals surface area contributed by atoms with Gasteiger partial charge in [-0.05, 0) is 12.5 Å². The third kappa shape index (κ3) is 4.08. The van der Waals surface area contributed by atoms with Crippen molar-refractivity contribution < 1.29 is 8.42 Å². The molecular formula is C7H12ClN3O2S. The lowest BCUT2D eigenvalue weighted by Crippen LogP contribution is -2.26. The van der Waals surface area contributed by atoms with E-state index in [2.05, 4.69) is 9.82 Å². The molecule has 5 nitrogen and oxygen atoms in total. The standard InChI is InChI=1S/C7H12ClN3O2S/c8-7-14(12,13)10-4-2-6-11-5-1-3-9-11/h1,3,5,10H,2,4,6-7H2. The zero-order valence-corrected chi connectivity index (χ0v) is 9.13. The Morgan fingerprint density at radius 3 is 2.86 bits per heavy atom. The molecule has 0 saturated carbocycles. The predicted molar refractivity (Wildman–Crippen MR) is 54.5 cm³/mol. The van der Waals surface area contributed by atoms with E-state index in [0.717, 1.165) is 0 Å². The highest BCUT2D eigenvalue weighted by Crippen LogP contribution is 1.91.